The Hall–Kier alpha value is -0.450. The molecule has 12 heavy (non-hydrogen) atoms. The number of aromatic nitrogens is 1. The topological polar surface area (TPSA) is 45.1 Å². The van der Waals surface area contributed by atoms with Gasteiger partial charge in [0.25, 0.3) is 0 Å². The number of rotatable bonds is 3. The first kappa shape index (κ1) is 9.64. The Labute approximate surface area is 80.0 Å². The standard InChI is InChI=1S/C8H11BrN2O/c1-10-5-7(12)6-3-2-4-11-8(6)9/h2-4,7,10,12H,5H2,1H3. The average molecular weight is 231 g/mol. The Bertz CT molecular complexity index is 255. The highest BCUT2D eigenvalue weighted by atomic mass is 79.9. The van der Waals surface area contributed by atoms with Crippen LogP contribution in [0.15, 0.2) is 22.9 Å². The van der Waals surface area contributed by atoms with Gasteiger partial charge in [0.1, 0.15) is 4.60 Å². The molecule has 0 radical (unpaired) electrons. The van der Waals surface area contributed by atoms with E-state index in [0.29, 0.717) is 11.1 Å². The first-order valence-electron chi connectivity index (χ1n) is 3.68. The second kappa shape index (κ2) is 4.54. The summed E-state index contributed by atoms with van der Waals surface area (Å²) >= 11 is 3.27. The third-order valence-electron chi connectivity index (χ3n) is 1.54. The van der Waals surface area contributed by atoms with Crippen LogP contribution in [-0.2, 0) is 0 Å². The predicted molar refractivity (Wildman–Crippen MR) is 50.8 cm³/mol. The maximum Gasteiger partial charge on any atom is 0.111 e. The van der Waals surface area contributed by atoms with Crippen molar-refractivity contribution >= 4 is 15.9 Å². The molecular weight excluding hydrogens is 220 g/mol. The van der Waals surface area contributed by atoms with E-state index in [1.807, 2.05) is 6.07 Å². The summed E-state index contributed by atoms with van der Waals surface area (Å²) in [5, 5.41) is 12.5. The summed E-state index contributed by atoms with van der Waals surface area (Å²) in [7, 11) is 1.80. The van der Waals surface area contributed by atoms with Crippen LogP contribution in [0.3, 0.4) is 0 Å². The number of aliphatic hydroxyl groups is 1. The second-order valence-electron chi connectivity index (χ2n) is 2.46. The van der Waals surface area contributed by atoms with Gasteiger partial charge in [-0.2, -0.15) is 0 Å². The summed E-state index contributed by atoms with van der Waals surface area (Å²) in [5.74, 6) is 0. The van der Waals surface area contributed by atoms with Crippen molar-refractivity contribution < 1.29 is 5.11 Å². The summed E-state index contributed by atoms with van der Waals surface area (Å²) in [4.78, 5) is 4.01. The van der Waals surface area contributed by atoms with Gasteiger partial charge in [0.2, 0.25) is 0 Å². The predicted octanol–water partition coefficient (Wildman–Crippen LogP) is 1.10. The number of likely N-dealkylation sites (N-methyl/N-ethyl adjacent to an activating group) is 1. The fourth-order valence-electron chi connectivity index (χ4n) is 0.950. The zero-order valence-electron chi connectivity index (χ0n) is 6.79. The van der Waals surface area contributed by atoms with Crippen LogP contribution in [-0.4, -0.2) is 23.7 Å². The van der Waals surface area contributed by atoms with Gasteiger partial charge in [0.05, 0.1) is 6.10 Å². The van der Waals surface area contributed by atoms with E-state index in [0.717, 1.165) is 5.56 Å². The second-order valence-corrected chi connectivity index (χ2v) is 3.21. The molecule has 0 aliphatic rings. The van der Waals surface area contributed by atoms with Crippen molar-refractivity contribution in [2.24, 2.45) is 0 Å². The van der Waals surface area contributed by atoms with E-state index in [1.165, 1.54) is 0 Å². The molecule has 0 aliphatic carbocycles. The molecule has 2 N–H and O–H groups in total. The molecule has 66 valence electrons. The van der Waals surface area contributed by atoms with Crippen molar-refractivity contribution in [3.05, 3.63) is 28.5 Å². The van der Waals surface area contributed by atoms with E-state index in [-0.39, 0.29) is 0 Å². The average Bonchev–Trinajstić information content (AvgIpc) is 2.05. The molecule has 1 atom stereocenters. The highest BCUT2D eigenvalue weighted by molar-refractivity contribution is 9.10. The minimum absolute atomic E-state index is 0.502. The van der Waals surface area contributed by atoms with Gasteiger partial charge in [-0.05, 0) is 29.0 Å². The van der Waals surface area contributed by atoms with Crippen LogP contribution in [0.25, 0.3) is 0 Å². The lowest BCUT2D eigenvalue weighted by molar-refractivity contribution is 0.176. The monoisotopic (exact) mass is 230 g/mol. The fourth-order valence-corrected chi connectivity index (χ4v) is 1.46. The molecule has 0 saturated carbocycles. The normalized spacial score (nSPS) is 12.9. The molecule has 0 aromatic carbocycles. The van der Waals surface area contributed by atoms with E-state index in [9.17, 15) is 5.11 Å². The Morgan fingerprint density at radius 2 is 2.50 bits per heavy atom. The van der Waals surface area contributed by atoms with Crippen LogP contribution in [0.2, 0.25) is 0 Å². The Morgan fingerprint density at radius 3 is 3.08 bits per heavy atom. The molecule has 1 rings (SSSR count). The summed E-state index contributed by atoms with van der Waals surface area (Å²) in [5.41, 5.74) is 0.812. The summed E-state index contributed by atoms with van der Waals surface area (Å²) < 4.78 is 0.702. The van der Waals surface area contributed by atoms with Crippen LogP contribution < -0.4 is 5.32 Å². The van der Waals surface area contributed by atoms with Gasteiger partial charge < -0.3 is 10.4 Å². The highest BCUT2D eigenvalue weighted by Gasteiger charge is 2.09. The first-order valence-corrected chi connectivity index (χ1v) is 4.48. The largest absolute Gasteiger partial charge is 0.387 e. The number of hydrogen-bond acceptors (Lipinski definition) is 3. The fraction of sp³-hybridized carbons (Fsp3) is 0.375. The molecule has 3 nitrogen and oxygen atoms in total. The summed E-state index contributed by atoms with van der Waals surface area (Å²) in [6, 6.07) is 3.65. The third-order valence-corrected chi connectivity index (χ3v) is 2.21. The summed E-state index contributed by atoms with van der Waals surface area (Å²) in [6.45, 7) is 0.532. The van der Waals surface area contributed by atoms with Crippen molar-refractivity contribution in [3.8, 4) is 0 Å². The number of halogens is 1. The van der Waals surface area contributed by atoms with E-state index in [2.05, 4.69) is 26.2 Å². The molecule has 1 aromatic rings. The van der Waals surface area contributed by atoms with Gasteiger partial charge in [-0.25, -0.2) is 4.98 Å². The molecule has 4 heteroatoms. The molecule has 1 unspecified atom stereocenters. The maximum absolute atomic E-state index is 9.57. The van der Waals surface area contributed by atoms with E-state index < -0.39 is 6.10 Å². The Morgan fingerprint density at radius 1 is 1.75 bits per heavy atom. The lowest BCUT2D eigenvalue weighted by Gasteiger charge is -2.10. The van der Waals surface area contributed by atoms with Gasteiger partial charge in [-0.3, -0.25) is 0 Å². The van der Waals surface area contributed by atoms with Gasteiger partial charge in [-0.1, -0.05) is 6.07 Å². The molecular formula is C8H11BrN2O. The lowest BCUT2D eigenvalue weighted by atomic mass is 10.2. The number of nitrogens with one attached hydrogen (secondary N) is 1. The van der Waals surface area contributed by atoms with Crippen LogP contribution in [0.5, 0.6) is 0 Å². The van der Waals surface area contributed by atoms with Crippen molar-refractivity contribution in [1.82, 2.24) is 10.3 Å². The zero-order chi connectivity index (χ0) is 8.97. The van der Waals surface area contributed by atoms with Crippen LogP contribution >= 0.6 is 15.9 Å². The number of nitrogens with zero attached hydrogens (tertiary/aromatic N) is 1. The molecule has 0 bridgehead atoms. The number of aliphatic hydroxyl groups excluding tert-OH is 1. The lowest BCUT2D eigenvalue weighted by Crippen LogP contribution is -2.17. The van der Waals surface area contributed by atoms with Crippen LogP contribution in [0, 0.1) is 0 Å². The third kappa shape index (κ3) is 2.27. The number of pyridine rings is 1. The van der Waals surface area contributed by atoms with Gasteiger partial charge in [-0.15, -0.1) is 0 Å². The molecule has 0 spiro atoms. The summed E-state index contributed by atoms with van der Waals surface area (Å²) in [6.07, 6.45) is 1.18. The van der Waals surface area contributed by atoms with Crippen LogP contribution in [0.1, 0.15) is 11.7 Å². The Balaban J connectivity index is 2.79. The van der Waals surface area contributed by atoms with Crippen molar-refractivity contribution in [3.63, 3.8) is 0 Å². The van der Waals surface area contributed by atoms with Crippen molar-refractivity contribution in [2.75, 3.05) is 13.6 Å². The van der Waals surface area contributed by atoms with E-state index >= 15 is 0 Å². The minimum atomic E-state index is -0.502. The minimum Gasteiger partial charge on any atom is -0.387 e. The van der Waals surface area contributed by atoms with E-state index in [1.54, 1.807) is 19.3 Å². The van der Waals surface area contributed by atoms with Gasteiger partial charge in [0, 0.05) is 18.3 Å². The molecule has 1 heterocycles. The number of hydrogen-bond donors (Lipinski definition) is 2. The molecule has 0 saturated heterocycles. The zero-order valence-corrected chi connectivity index (χ0v) is 8.37. The highest BCUT2D eigenvalue weighted by Crippen LogP contribution is 2.19. The molecule has 0 fully saturated rings. The van der Waals surface area contributed by atoms with E-state index in [4.69, 9.17) is 0 Å². The van der Waals surface area contributed by atoms with Crippen molar-refractivity contribution in [2.45, 2.75) is 6.10 Å². The maximum atomic E-state index is 9.57. The smallest absolute Gasteiger partial charge is 0.111 e. The van der Waals surface area contributed by atoms with Gasteiger partial charge >= 0.3 is 0 Å². The molecule has 1 aromatic heterocycles. The van der Waals surface area contributed by atoms with Gasteiger partial charge in [0.15, 0.2) is 0 Å². The molecule has 0 amide bonds. The van der Waals surface area contributed by atoms with Crippen LogP contribution in [0.4, 0.5) is 0 Å². The molecule has 0 aliphatic heterocycles. The van der Waals surface area contributed by atoms with Crippen molar-refractivity contribution in [1.29, 1.82) is 0 Å². The first-order chi connectivity index (χ1) is 5.75. The SMILES string of the molecule is CNCC(O)c1cccnc1Br. The quantitative estimate of drug-likeness (QED) is 0.765. The Kier molecular flexibility index (Phi) is 3.65.